The first kappa shape index (κ1) is 43.0. The molecule has 0 fully saturated rings. The maximum Gasteiger partial charge on any atom is 0.337 e. The Labute approximate surface area is 376 Å². The van der Waals surface area contributed by atoms with Crippen LogP contribution in [0.1, 0.15) is 59.6 Å². The molecule has 0 aliphatic heterocycles. The van der Waals surface area contributed by atoms with Crippen molar-refractivity contribution in [2.45, 2.75) is 49.6 Å². The highest BCUT2D eigenvalue weighted by Crippen LogP contribution is 2.40. The fraction of sp³-hybridized carbons (Fsp3) is 0.182. The topological polar surface area (TPSA) is 40.5 Å². The number of esters is 1. The van der Waals surface area contributed by atoms with Gasteiger partial charge in [-0.3, -0.25) is 0 Å². The fourth-order valence-electron chi connectivity index (χ4n) is 9.03. The second kappa shape index (κ2) is 19.2. The minimum Gasteiger partial charge on any atom is -0.465 e. The largest absolute Gasteiger partial charge is 0.465 e. The van der Waals surface area contributed by atoms with Gasteiger partial charge in [-0.05, 0) is 92.1 Å². The number of hydrogen-bond acceptors (Lipinski definition) is 4. The Kier molecular flexibility index (Phi) is 13.3. The van der Waals surface area contributed by atoms with Gasteiger partial charge in [0.05, 0.1) is 18.7 Å². The first-order valence-corrected chi connectivity index (χ1v) is 24.5. The number of benzene rings is 7. The number of methoxy groups -OCH3 is 1. The standard InChI is InChI=1S/C55H52ClNO3SSi/c1-55(2,3)62(47-24-13-7-14-25-47,48-26-15-8-16-27-48)60-36-34-52-49(35-37-61-46-31-28-40(29-32-46)43-22-17-23-44(38-43)54(58)59-4)50-39-45(56)30-33-51(50)57(52)53(41-18-9-5-10-19-41)42-20-11-6-12-21-42/h5-33,38-39,53H,34-37H2,1-4H3. The predicted octanol–water partition coefficient (Wildman–Crippen LogP) is 12.8. The molecule has 0 aliphatic rings. The smallest absolute Gasteiger partial charge is 0.337 e. The highest BCUT2D eigenvalue weighted by atomic mass is 35.5. The van der Waals surface area contributed by atoms with Gasteiger partial charge in [0, 0.05) is 45.3 Å². The van der Waals surface area contributed by atoms with Crippen LogP contribution in [0.25, 0.3) is 22.0 Å². The van der Waals surface area contributed by atoms with Crippen molar-refractivity contribution in [3.8, 4) is 11.1 Å². The molecule has 0 spiro atoms. The summed E-state index contributed by atoms with van der Waals surface area (Å²) in [6, 6.07) is 66.0. The van der Waals surface area contributed by atoms with Gasteiger partial charge >= 0.3 is 5.97 Å². The number of hydrogen-bond donors (Lipinski definition) is 0. The highest BCUT2D eigenvalue weighted by molar-refractivity contribution is 7.99. The van der Waals surface area contributed by atoms with Crippen molar-refractivity contribution < 1.29 is 14.0 Å². The molecule has 0 N–H and O–H groups in total. The van der Waals surface area contributed by atoms with E-state index in [1.54, 1.807) is 6.07 Å². The van der Waals surface area contributed by atoms with Crippen molar-refractivity contribution >= 4 is 58.9 Å². The number of aromatic nitrogens is 1. The van der Waals surface area contributed by atoms with E-state index in [4.69, 9.17) is 20.8 Å². The third kappa shape index (κ3) is 8.97. The van der Waals surface area contributed by atoms with Crippen LogP contribution in [0.5, 0.6) is 0 Å². The number of thioether (sulfide) groups is 1. The van der Waals surface area contributed by atoms with E-state index in [1.807, 2.05) is 36.0 Å². The molecule has 0 saturated carbocycles. The van der Waals surface area contributed by atoms with Gasteiger partial charge in [-0.1, -0.05) is 178 Å². The van der Waals surface area contributed by atoms with E-state index in [0.29, 0.717) is 18.6 Å². The molecule has 62 heavy (non-hydrogen) atoms. The molecule has 4 nitrogen and oxygen atoms in total. The van der Waals surface area contributed by atoms with E-state index >= 15 is 0 Å². The molecule has 0 amide bonds. The van der Waals surface area contributed by atoms with E-state index in [1.165, 1.54) is 50.1 Å². The lowest BCUT2D eigenvalue weighted by molar-refractivity contribution is 0.0600. The normalized spacial score (nSPS) is 11.9. The number of carbonyl (C=O) groups excluding carboxylic acids is 1. The van der Waals surface area contributed by atoms with Crippen LogP contribution in [0, 0.1) is 0 Å². The number of ether oxygens (including phenoxy) is 1. The van der Waals surface area contributed by atoms with Crippen LogP contribution in [0.4, 0.5) is 0 Å². The summed E-state index contributed by atoms with van der Waals surface area (Å²) in [7, 11) is -1.40. The molecule has 8 rings (SSSR count). The molecule has 312 valence electrons. The summed E-state index contributed by atoms with van der Waals surface area (Å²) in [5.41, 5.74) is 8.73. The van der Waals surface area contributed by atoms with Gasteiger partial charge in [-0.25, -0.2) is 4.79 Å². The second-order valence-electron chi connectivity index (χ2n) is 16.6. The third-order valence-corrected chi connectivity index (χ3v) is 18.1. The summed E-state index contributed by atoms with van der Waals surface area (Å²) >= 11 is 8.74. The number of halogens is 1. The van der Waals surface area contributed by atoms with Gasteiger partial charge in [-0.15, -0.1) is 11.8 Å². The van der Waals surface area contributed by atoms with Gasteiger partial charge < -0.3 is 13.7 Å². The zero-order valence-corrected chi connectivity index (χ0v) is 38.3. The van der Waals surface area contributed by atoms with Crippen molar-refractivity contribution in [1.82, 2.24) is 4.57 Å². The lowest BCUT2D eigenvalue weighted by Gasteiger charge is -2.43. The number of carbonyl (C=O) groups is 1. The lowest BCUT2D eigenvalue weighted by Crippen LogP contribution is -2.66. The average molecular weight is 871 g/mol. The molecular formula is C55H52ClNO3SSi. The van der Waals surface area contributed by atoms with E-state index in [9.17, 15) is 4.79 Å². The number of aryl methyl sites for hydroxylation is 1. The highest BCUT2D eigenvalue weighted by Gasteiger charge is 2.50. The van der Waals surface area contributed by atoms with Gasteiger partial charge in [0.15, 0.2) is 0 Å². The predicted molar refractivity (Wildman–Crippen MR) is 262 cm³/mol. The van der Waals surface area contributed by atoms with Crippen LogP contribution >= 0.6 is 23.4 Å². The van der Waals surface area contributed by atoms with Gasteiger partial charge in [0.2, 0.25) is 0 Å². The van der Waals surface area contributed by atoms with Crippen LogP contribution in [-0.2, 0) is 22.0 Å². The second-order valence-corrected chi connectivity index (χ2v) is 22.5. The molecule has 8 aromatic rings. The van der Waals surface area contributed by atoms with E-state index < -0.39 is 8.32 Å². The number of rotatable bonds is 15. The Morgan fingerprint density at radius 1 is 0.661 bits per heavy atom. The SMILES string of the molecule is COC(=O)c1cccc(-c2ccc(SCCc3c(CCO[Si](c4ccccc4)(c4ccccc4)C(C)(C)C)n(C(c4ccccc4)c4ccccc4)c4ccc(Cl)cc34)cc2)c1. The van der Waals surface area contributed by atoms with E-state index in [-0.39, 0.29) is 17.0 Å². The summed E-state index contributed by atoms with van der Waals surface area (Å²) in [5.74, 6) is 0.529. The first-order chi connectivity index (χ1) is 30.2. The average Bonchev–Trinajstić information content (AvgIpc) is 3.59. The van der Waals surface area contributed by atoms with E-state index in [0.717, 1.165) is 33.8 Å². The molecule has 0 saturated heterocycles. The fourth-order valence-corrected chi connectivity index (χ4v) is 14.6. The zero-order chi connectivity index (χ0) is 43.1. The van der Waals surface area contributed by atoms with Crippen LogP contribution in [0.2, 0.25) is 10.1 Å². The number of fused-ring (bicyclic) bond motifs is 1. The minimum atomic E-state index is -2.81. The van der Waals surface area contributed by atoms with E-state index in [2.05, 4.69) is 183 Å². The Balaban J connectivity index is 1.19. The molecule has 1 aromatic heterocycles. The molecule has 0 unspecified atom stereocenters. The Morgan fingerprint density at radius 3 is 1.81 bits per heavy atom. The summed E-state index contributed by atoms with van der Waals surface area (Å²) < 4.78 is 15.1. The molecule has 0 radical (unpaired) electrons. The monoisotopic (exact) mass is 869 g/mol. The maximum atomic E-state index is 12.2. The van der Waals surface area contributed by atoms with Gasteiger partial charge in [-0.2, -0.15) is 0 Å². The van der Waals surface area contributed by atoms with Crippen LogP contribution in [0.3, 0.4) is 0 Å². The third-order valence-electron chi connectivity index (χ3n) is 11.8. The van der Waals surface area contributed by atoms with Crippen LogP contribution < -0.4 is 10.4 Å². The maximum absolute atomic E-state index is 12.2. The Morgan fingerprint density at radius 2 is 1.24 bits per heavy atom. The Hall–Kier alpha value is -5.63. The molecule has 7 heteroatoms. The van der Waals surface area contributed by atoms with Crippen molar-refractivity contribution in [2.75, 3.05) is 19.5 Å². The molecule has 0 aliphatic carbocycles. The molecular weight excluding hydrogens is 818 g/mol. The first-order valence-electron chi connectivity index (χ1n) is 21.3. The molecule has 7 aromatic carbocycles. The van der Waals surface area contributed by atoms with Gasteiger partial charge in [0.25, 0.3) is 8.32 Å². The van der Waals surface area contributed by atoms with Crippen molar-refractivity contribution in [2.24, 2.45) is 0 Å². The van der Waals surface area contributed by atoms with Crippen molar-refractivity contribution in [1.29, 1.82) is 0 Å². The zero-order valence-electron chi connectivity index (χ0n) is 35.8. The summed E-state index contributed by atoms with van der Waals surface area (Å²) in [5, 5.41) is 4.30. The lowest BCUT2D eigenvalue weighted by atomic mass is 9.97. The summed E-state index contributed by atoms with van der Waals surface area (Å²) in [6.07, 6.45) is 1.55. The van der Waals surface area contributed by atoms with Crippen molar-refractivity contribution in [3.05, 3.63) is 221 Å². The summed E-state index contributed by atoms with van der Waals surface area (Å²) in [6.45, 7) is 7.57. The molecule has 0 bridgehead atoms. The quantitative estimate of drug-likeness (QED) is 0.0585. The molecule has 0 atom stereocenters. The van der Waals surface area contributed by atoms with Gasteiger partial charge in [0.1, 0.15) is 0 Å². The number of nitrogens with zero attached hydrogens (tertiary/aromatic N) is 1. The van der Waals surface area contributed by atoms with Crippen molar-refractivity contribution in [3.63, 3.8) is 0 Å². The van der Waals surface area contributed by atoms with Crippen LogP contribution in [-0.4, -0.2) is 38.3 Å². The summed E-state index contributed by atoms with van der Waals surface area (Å²) in [4.78, 5) is 13.4. The van der Waals surface area contributed by atoms with Crippen LogP contribution in [0.15, 0.2) is 193 Å². The Bertz CT molecular complexity index is 2660. The molecule has 1 heterocycles. The minimum absolute atomic E-state index is 0.0735.